The summed E-state index contributed by atoms with van der Waals surface area (Å²) in [5.74, 6) is 0. The SMILES string of the molecule is C1COCC2(CCN2)CN1.CC. The van der Waals surface area contributed by atoms with Crippen LogP contribution in [0, 0.1) is 0 Å². The van der Waals surface area contributed by atoms with Crippen LogP contribution in [0.3, 0.4) is 0 Å². The molecule has 3 heteroatoms. The Morgan fingerprint density at radius 3 is 2.58 bits per heavy atom. The average molecular weight is 172 g/mol. The fourth-order valence-electron chi connectivity index (χ4n) is 1.54. The highest BCUT2D eigenvalue weighted by molar-refractivity contribution is 4.99. The van der Waals surface area contributed by atoms with Crippen LogP contribution in [-0.4, -0.2) is 38.4 Å². The van der Waals surface area contributed by atoms with Gasteiger partial charge in [0.05, 0.1) is 18.8 Å². The van der Waals surface area contributed by atoms with Gasteiger partial charge in [0.25, 0.3) is 0 Å². The van der Waals surface area contributed by atoms with Gasteiger partial charge in [-0.25, -0.2) is 0 Å². The van der Waals surface area contributed by atoms with Crippen LogP contribution in [0.25, 0.3) is 0 Å². The van der Waals surface area contributed by atoms with Gasteiger partial charge in [-0.3, -0.25) is 0 Å². The van der Waals surface area contributed by atoms with E-state index >= 15 is 0 Å². The lowest BCUT2D eigenvalue weighted by molar-refractivity contribution is 0.0590. The van der Waals surface area contributed by atoms with Gasteiger partial charge in [0.2, 0.25) is 0 Å². The lowest BCUT2D eigenvalue weighted by atomic mass is 9.89. The van der Waals surface area contributed by atoms with E-state index in [0.29, 0.717) is 5.54 Å². The zero-order chi connectivity index (χ0) is 8.86. The highest BCUT2D eigenvalue weighted by Crippen LogP contribution is 2.19. The van der Waals surface area contributed by atoms with Gasteiger partial charge < -0.3 is 15.4 Å². The molecular weight excluding hydrogens is 152 g/mol. The molecule has 2 aliphatic rings. The summed E-state index contributed by atoms with van der Waals surface area (Å²) >= 11 is 0. The summed E-state index contributed by atoms with van der Waals surface area (Å²) in [6, 6.07) is 0. The summed E-state index contributed by atoms with van der Waals surface area (Å²) in [6.45, 7) is 8.99. The minimum Gasteiger partial charge on any atom is -0.378 e. The zero-order valence-corrected chi connectivity index (χ0v) is 8.15. The molecule has 12 heavy (non-hydrogen) atoms. The first kappa shape index (κ1) is 9.96. The number of nitrogens with one attached hydrogen (secondary N) is 2. The number of hydrogen-bond acceptors (Lipinski definition) is 3. The van der Waals surface area contributed by atoms with Crippen LogP contribution in [0.15, 0.2) is 0 Å². The minimum absolute atomic E-state index is 0.302. The second kappa shape index (κ2) is 4.80. The van der Waals surface area contributed by atoms with Crippen molar-refractivity contribution in [2.75, 3.05) is 32.8 Å². The Kier molecular flexibility index (Phi) is 3.98. The fourth-order valence-corrected chi connectivity index (χ4v) is 1.54. The molecule has 0 aromatic carbocycles. The van der Waals surface area contributed by atoms with Gasteiger partial charge in [0.15, 0.2) is 0 Å². The molecule has 0 aromatic heterocycles. The largest absolute Gasteiger partial charge is 0.378 e. The van der Waals surface area contributed by atoms with Crippen molar-refractivity contribution in [2.24, 2.45) is 0 Å². The summed E-state index contributed by atoms with van der Waals surface area (Å²) in [5, 5.41) is 6.77. The summed E-state index contributed by atoms with van der Waals surface area (Å²) in [4.78, 5) is 0. The van der Waals surface area contributed by atoms with Crippen molar-refractivity contribution in [3.05, 3.63) is 0 Å². The first-order chi connectivity index (χ1) is 5.91. The van der Waals surface area contributed by atoms with E-state index in [9.17, 15) is 0 Å². The van der Waals surface area contributed by atoms with Gasteiger partial charge >= 0.3 is 0 Å². The van der Waals surface area contributed by atoms with Gasteiger partial charge in [-0.2, -0.15) is 0 Å². The van der Waals surface area contributed by atoms with E-state index < -0.39 is 0 Å². The quantitative estimate of drug-likeness (QED) is 0.553. The third-order valence-corrected chi connectivity index (χ3v) is 2.37. The molecule has 0 saturated carbocycles. The van der Waals surface area contributed by atoms with Crippen LogP contribution >= 0.6 is 0 Å². The Balaban J connectivity index is 0.000000336. The molecule has 0 radical (unpaired) electrons. The summed E-state index contributed by atoms with van der Waals surface area (Å²) < 4.78 is 5.43. The van der Waals surface area contributed by atoms with Gasteiger partial charge in [-0.15, -0.1) is 0 Å². The highest BCUT2D eigenvalue weighted by Gasteiger charge is 2.37. The second-order valence-corrected chi connectivity index (χ2v) is 3.19. The van der Waals surface area contributed by atoms with Crippen molar-refractivity contribution in [1.82, 2.24) is 10.6 Å². The van der Waals surface area contributed by atoms with Crippen molar-refractivity contribution >= 4 is 0 Å². The van der Waals surface area contributed by atoms with E-state index in [1.54, 1.807) is 0 Å². The van der Waals surface area contributed by atoms with E-state index in [1.807, 2.05) is 13.8 Å². The Morgan fingerprint density at radius 1 is 1.25 bits per heavy atom. The van der Waals surface area contributed by atoms with Crippen molar-refractivity contribution in [2.45, 2.75) is 25.8 Å². The van der Waals surface area contributed by atoms with Crippen LogP contribution in [0.4, 0.5) is 0 Å². The van der Waals surface area contributed by atoms with Crippen molar-refractivity contribution < 1.29 is 4.74 Å². The molecule has 0 aliphatic carbocycles. The zero-order valence-electron chi connectivity index (χ0n) is 8.15. The summed E-state index contributed by atoms with van der Waals surface area (Å²) in [7, 11) is 0. The third-order valence-electron chi connectivity index (χ3n) is 2.37. The van der Waals surface area contributed by atoms with Gasteiger partial charge in [-0.05, 0) is 13.0 Å². The molecule has 2 N–H and O–H groups in total. The smallest absolute Gasteiger partial charge is 0.0661 e. The molecule has 1 unspecified atom stereocenters. The van der Waals surface area contributed by atoms with E-state index in [-0.39, 0.29) is 0 Å². The molecule has 2 aliphatic heterocycles. The molecule has 2 fully saturated rings. The second-order valence-electron chi connectivity index (χ2n) is 3.19. The number of hydrogen-bond donors (Lipinski definition) is 2. The van der Waals surface area contributed by atoms with Gasteiger partial charge in [-0.1, -0.05) is 13.8 Å². The Bertz CT molecular complexity index is 114. The molecule has 72 valence electrons. The predicted octanol–water partition coefficient (Wildman–Crippen LogP) is 0.364. The Labute approximate surface area is 74.9 Å². The maximum Gasteiger partial charge on any atom is 0.0661 e. The highest BCUT2D eigenvalue weighted by atomic mass is 16.5. The molecule has 0 bridgehead atoms. The lowest BCUT2D eigenvalue weighted by Gasteiger charge is -2.41. The van der Waals surface area contributed by atoms with Crippen molar-refractivity contribution in [3.63, 3.8) is 0 Å². The molecule has 1 atom stereocenters. The number of ether oxygens (including phenoxy) is 1. The molecule has 2 heterocycles. The molecular formula is C9H20N2O. The normalized spacial score (nSPS) is 34.5. The molecule has 2 rings (SSSR count). The molecule has 2 saturated heterocycles. The first-order valence-electron chi connectivity index (χ1n) is 4.95. The van der Waals surface area contributed by atoms with Crippen LogP contribution < -0.4 is 10.6 Å². The monoisotopic (exact) mass is 172 g/mol. The number of rotatable bonds is 0. The Hall–Kier alpha value is -0.120. The van der Waals surface area contributed by atoms with Gasteiger partial charge in [0.1, 0.15) is 0 Å². The summed E-state index contributed by atoms with van der Waals surface area (Å²) in [5.41, 5.74) is 0.302. The van der Waals surface area contributed by atoms with E-state index in [1.165, 1.54) is 6.42 Å². The predicted molar refractivity (Wildman–Crippen MR) is 50.4 cm³/mol. The topological polar surface area (TPSA) is 33.3 Å². The van der Waals surface area contributed by atoms with Crippen LogP contribution in [0.5, 0.6) is 0 Å². The standard InChI is InChI=1S/C7H14N2O.C2H6/c1-2-9-7(1)5-8-3-4-10-6-7;1-2/h8-9H,1-6H2;1-2H3. The maximum absolute atomic E-state index is 5.43. The van der Waals surface area contributed by atoms with Crippen molar-refractivity contribution in [1.29, 1.82) is 0 Å². The molecule has 3 nitrogen and oxygen atoms in total. The lowest BCUT2D eigenvalue weighted by Crippen LogP contribution is -2.63. The third kappa shape index (κ3) is 2.19. The van der Waals surface area contributed by atoms with Crippen LogP contribution in [-0.2, 0) is 4.74 Å². The van der Waals surface area contributed by atoms with E-state index in [4.69, 9.17) is 4.74 Å². The fraction of sp³-hybridized carbons (Fsp3) is 1.00. The van der Waals surface area contributed by atoms with Crippen LogP contribution in [0.2, 0.25) is 0 Å². The first-order valence-corrected chi connectivity index (χ1v) is 4.95. The minimum atomic E-state index is 0.302. The molecule has 0 amide bonds. The molecule has 0 aromatic rings. The molecule has 1 spiro atoms. The van der Waals surface area contributed by atoms with Crippen LogP contribution in [0.1, 0.15) is 20.3 Å². The van der Waals surface area contributed by atoms with E-state index in [0.717, 1.165) is 32.8 Å². The average Bonchev–Trinajstić information content (AvgIpc) is 2.31. The van der Waals surface area contributed by atoms with Crippen molar-refractivity contribution in [3.8, 4) is 0 Å². The van der Waals surface area contributed by atoms with E-state index in [2.05, 4.69) is 10.6 Å². The summed E-state index contributed by atoms with van der Waals surface area (Å²) in [6.07, 6.45) is 1.26. The Morgan fingerprint density at radius 2 is 2.00 bits per heavy atom. The van der Waals surface area contributed by atoms with Gasteiger partial charge in [0, 0.05) is 13.1 Å². The maximum atomic E-state index is 5.43.